The number of aliphatic imine (C=N–C) groups is 1. The molecule has 3 nitrogen and oxygen atoms in total. The molecular formula is C23H26BrN3. The largest absolute Gasteiger partial charge is 0.370 e. The van der Waals surface area contributed by atoms with Crippen molar-refractivity contribution in [2.75, 3.05) is 5.32 Å². The van der Waals surface area contributed by atoms with Gasteiger partial charge in [0.2, 0.25) is 0 Å². The molecule has 0 heterocycles. The minimum atomic E-state index is 0.117. The highest BCUT2D eigenvalue weighted by molar-refractivity contribution is 9.09. The van der Waals surface area contributed by atoms with Crippen LogP contribution in [-0.2, 0) is 6.42 Å². The fourth-order valence-electron chi connectivity index (χ4n) is 6.99. The Kier molecular flexibility index (Phi) is 3.48. The second-order valence-corrected chi connectivity index (χ2v) is 10.6. The van der Waals surface area contributed by atoms with Gasteiger partial charge in [-0.2, -0.15) is 0 Å². The molecule has 2 aromatic rings. The fraction of sp³-hybridized carbons (Fsp3) is 0.522. The number of nitrogens with zero attached hydrogens (tertiary/aromatic N) is 1. The summed E-state index contributed by atoms with van der Waals surface area (Å²) in [4.78, 5) is 5.52. The van der Waals surface area contributed by atoms with Gasteiger partial charge in [-0.15, -0.1) is 0 Å². The lowest BCUT2D eigenvalue weighted by Gasteiger charge is -2.54. The summed E-state index contributed by atoms with van der Waals surface area (Å²) in [6.07, 6.45) is 9.06. The molecule has 0 aliphatic heterocycles. The third kappa shape index (κ3) is 2.55. The van der Waals surface area contributed by atoms with E-state index in [4.69, 9.17) is 10.7 Å². The van der Waals surface area contributed by atoms with Gasteiger partial charge in [-0.1, -0.05) is 40.2 Å². The summed E-state index contributed by atoms with van der Waals surface area (Å²) in [5.41, 5.74) is 10.5. The summed E-state index contributed by atoms with van der Waals surface area (Å²) >= 11 is 3.85. The van der Waals surface area contributed by atoms with E-state index >= 15 is 0 Å². The van der Waals surface area contributed by atoms with Gasteiger partial charge in [0.25, 0.3) is 0 Å². The molecule has 27 heavy (non-hydrogen) atoms. The van der Waals surface area contributed by atoms with E-state index in [-0.39, 0.29) is 5.54 Å². The van der Waals surface area contributed by atoms with Crippen molar-refractivity contribution in [3.63, 3.8) is 0 Å². The van der Waals surface area contributed by atoms with Crippen molar-refractivity contribution in [1.82, 2.24) is 0 Å². The van der Waals surface area contributed by atoms with Gasteiger partial charge in [-0.3, -0.25) is 0 Å². The Morgan fingerprint density at radius 1 is 1.04 bits per heavy atom. The number of nitrogens with one attached hydrogen (secondary N) is 1. The van der Waals surface area contributed by atoms with E-state index in [0.29, 0.717) is 10.8 Å². The van der Waals surface area contributed by atoms with Crippen LogP contribution in [0, 0.1) is 17.8 Å². The molecule has 4 bridgehead atoms. The van der Waals surface area contributed by atoms with Gasteiger partial charge in [0.05, 0.1) is 5.54 Å². The number of nitrogens with two attached hydrogens (primary N) is 1. The number of guanidine groups is 1. The van der Waals surface area contributed by atoms with Crippen LogP contribution >= 0.6 is 15.9 Å². The molecule has 5 aliphatic carbocycles. The van der Waals surface area contributed by atoms with Crippen LogP contribution in [0.15, 0.2) is 35.3 Å². The predicted octanol–water partition coefficient (Wildman–Crippen LogP) is 5.53. The second kappa shape index (κ2) is 5.73. The molecule has 0 radical (unpaired) electrons. The Morgan fingerprint density at radius 2 is 1.74 bits per heavy atom. The van der Waals surface area contributed by atoms with Crippen LogP contribution in [0.4, 0.5) is 5.69 Å². The molecule has 2 aromatic carbocycles. The first-order valence-electron chi connectivity index (χ1n) is 10.4. The average molecular weight is 424 g/mol. The fourth-order valence-corrected chi connectivity index (χ4v) is 7.69. The van der Waals surface area contributed by atoms with Gasteiger partial charge in [-0.25, -0.2) is 4.99 Å². The Morgan fingerprint density at radius 3 is 2.44 bits per heavy atom. The Labute approximate surface area is 168 Å². The first-order valence-corrected chi connectivity index (χ1v) is 11.3. The molecule has 3 N–H and O–H groups in total. The zero-order chi connectivity index (χ0) is 18.2. The molecule has 140 valence electrons. The van der Waals surface area contributed by atoms with E-state index in [0.717, 1.165) is 29.9 Å². The van der Waals surface area contributed by atoms with E-state index in [2.05, 4.69) is 51.6 Å². The van der Waals surface area contributed by atoms with Crippen LogP contribution in [0.2, 0.25) is 0 Å². The number of anilines is 1. The lowest BCUT2D eigenvalue weighted by atomic mass is 9.53. The van der Waals surface area contributed by atoms with E-state index < -0.39 is 0 Å². The molecule has 0 spiro atoms. The predicted molar refractivity (Wildman–Crippen MR) is 115 cm³/mol. The monoisotopic (exact) mass is 423 g/mol. The van der Waals surface area contributed by atoms with Crippen molar-refractivity contribution in [3.05, 3.63) is 41.5 Å². The maximum absolute atomic E-state index is 6.47. The Hall–Kier alpha value is -1.55. The van der Waals surface area contributed by atoms with Crippen molar-refractivity contribution in [2.24, 2.45) is 28.5 Å². The van der Waals surface area contributed by atoms with Gasteiger partial charge in [0.1, 0.15) is 0 Å². The zero-order valence-electron chi connectivity index (χ0n) is 15.5. The van der Waals surface area contributed by atoms with Crippen molar-refractivity contribution >= 4 is 38.3 Å². The van der Waals surface area contributed by atoms with Crippen LogP contribution in [0.3, 0.4) is 0 Å². The standard InChI is InChI=1S/C23H26BrN3/c24-19-9-18-20(5-4-16-2-1-3-17(19)21(16)18)26-22(25)27-23-10-13-6-14(11-23)8-15(7-13)12-23/h1-5,13-15,19H,6-12H2,(H3,25,26,27). The van der Waals surface area contributed by atoms with Crippen molar-refractivity contribution < 1.29 is 0 Å². The van der Waals surface area contributed by atoms with Crippen LogP contribution < -0.4 is 11.1 Å². The van der Waals surface area contributed by atoms with Crippen molar-refractivity contribution in [1.29, 1.82) is 0 Å². The highest BCUT2D eigenvalue weighted by Gasteiger charge is 2.51. The van der Waals surface area contributed by atoms with Crippen LogP contribution in [0.1, 0.15) is 54.5 Å². The maximum atomic E-state index is 6.47. The molecule has 0 aromatic heterocycles. The van der Waals surface area contributed by atoms with E-state index in [1.165, 1.54) is 60.4 Å². The highest BCUT2D eigenvalue weighted by Crippen LogP contribution is 2.57. The molecule has 1 unspecified atom stereocenters. The van der Waals surface area contributed by atoms with Gasteiger partial charge in [-0.05, 0) is 90.7 Å². The molecule has 1 atom stereocenters. The lowest BCUT2D eigenvalue weighted by Crippen LogP contribution is -2.50. The molecule has 5 aliphatic rings. The maximum Gasteiger partial charge on any atom is 0.193 e. The molecule has 4 heteroatoms. The summed E-state index contributed by atoms with van der Waals surface area (Å²) in [6, 6.07) is 11.0. The SMILES string of the molecule is NC(=NC12CC3CC(CC(C3)C1)C2)Nc1ccc2cccc3c2c1CC3Br. The summed E-state index contributed by atoms with van der Waals surface area (Å²) in [5, 5.41) is 6.18. The number of alkyl halides is 1. The smallest absolute Gasteiger partial charge is 0.193 e. The zero-order valence-corrected chi connectivity index (χ0v) is 17.1. The molecule has 0 saturated heterocycles. The summed E-state index contributed by atoms with van der Waals surface area (Å²) in [5.74, 6) is 3.29. The van der Waals surface area contributed by atoms with E-state index in [1.807, 2.05) is 0 Å². The van der Waals surface area contributed by atoms with Gasteiger partial charge in [0, 0.05) is 10.5 Å². The Bertz CT molecular complexity index is 928. The molecular weight excluding hydrogens is 398 g/mol. The number of rotatable bonds is 2. The minimum absolute atomic E-state index is 0.117. The van der Waals surface area contributed by atoms with E-state index in [9.17, 15) is 0 Å². The van der Waals surface area contributed by atoms with Crippen LogP contribution in [0.25, 0.3) is 10.8 Å². The van der Waals surface area contributed by atoms with E-state index in [1.54, 1.807) is 0 Å². The third-order valence-corrected chi connectivity index (χ3v) is 8.35. The third-order valence-electron chi connectivity index (χ3n) is 7.53. The Balaban J connectivity index is 1.33. The number of benzene rings is 2. The number of hydrogen-bond acceptors (Lipinski definition) is 1. The number of hydrogen-bond donors (Lipinski definition) is 2. The summed E-state index contributed by atoms with van der Waals surface area (Å²) in [7, 11) is 0. The van der Waals surface area contributed by atoms with Gasteiger partial charge < -0.3 is 11.1 Å². The second-order valence-electron chi connectivity index (χ2n) is 9.47. The van der Waals surface area contributed by atoms with Gasteiger partial charge >= 0.3 is 0 Å². The van der Waals surface area contributed by atoms with Gasteiger partial charge in [0.15, 0.2) is 5.96 Å². The van der Waals surface area contributed by atoms with Crippen molar-refractivity contribution in [3.8, 4) is 0 Å². The molecule has 7 rings (SSSR count). The van der Waals surface area contributed by atoms with Crippen LogP contribution in [-0.4, -0.2) is 11.5 Å². The first-order chi connectivity index (χ1) is 13.1. The molecule has 4 saturated carbocycles. The minimum Gasteiger partial charge on any atom is -0.370 e. The summed E-state index contributed by atoms with van der Waals surface area (Å²) in [6.45, 7) is 0. The highest BCUT2D eigenvalue weighted by atomic mass is 79.9. The normalized spacial score (nSPS) is 36.6. The average Bonchev–Trinajstić information content (AvgIpc) is 2.94. The van der Waals surface area contributed by atoms with Crippen LogP contribution in [0.5, 0.6) is 0 Å². The van der Waals surface area contributed by atoms with Crippen molar-refractivity contribution in [2.45, 2.75) is 55.3 Å². The number of halogens is 1. The summed E-state index contributed by atoms with van der Waals surface area (Å²) < 4.78 is 0. The lowest BCUT2D eigenvalue weighted by molar-refractivity contribution is 0.00163. The molecule has 4 fully saturated rings. The topological polar surface area (TPSA) is 50.4 Å². The molecule has 0 amide bonds. The quantitative estimate of drug-likeness (QED) is 0.379. The first kappa shape index (κ1) is 16.4.